The molecular weight excluding hydrogens is 270 g/mol. The van der Waals surface area contributed by atoms with Gasteiger partial charge in [0.05, 0.1) is 0 Å². The van der Waals surface area contributed by atoms with Crippen LogP contribution in [0.4, 0.5) is 0 Å². The summed E-state index contributed by atoms with van der Waals surface area (Å²) in [7, 11) is 0. The van der Waals surface area contributed by atoms with Crippen LogP contribution in [0.2, 0.25) is 0 Å². The van der Waals surface area contributed by atoms with Crippen LogP contribution in [0.3, 0.4) is 0 Å². The van der Waals surface area contributed by atoms with E-state index < -0.39 is 0 Å². The fourth-order valence-electron chi connectivity index (χ4n) is 0.848. The Kier molecular flexibility index (Phi) is 4.15. The van der Waals surface area contributed by atoms with Gasteiger partial charge in [0.1, 0.15) is 10.3 Å². The Hall–Kier alpha value is -0.130. The zero-order valence-corrected chi connectivity index (χ0v) is 10.2. The number of halogens is 1. The van der Waals surface area contributed by atoms with Crippen molar-refractivity contribution in [3.8, 4) is 0 Å². The zero-order chi connectivity index (χ0) is 9.84. The van der Waals surface area contributed by atoms with Gasteiger partial charge in [0.15, 0.2) is 0 Å². The van der Waals surface area contributed by atoms with E-state index in [9.17, 15) is 5.11 Å². The molecule has 1 aromatic heterocycles. The van der Waals surface area contributed by atoms with E-state index in [-0.39, 0.29) is 5.05 Å². The van der Waals surface area contributed by atoms with E-state index in [1.54, 1.807) is 11.8 Å². The summed E-state index contributed by atoms with van der Waals surface area (Å²) in [6.07, 6.45) is 0. The molecule has 1 heterocycles. The lowest BCUT2D eigenvalue weighted by molar-refractivity contribution is 0.566. The Labute approximate surface area is 94.9 Å². The Bertz CT molecular complexity index is 330. The van der Waals surface area contributed by atoms with E-state index in [2.05, 4.69) is 33.1 Å². The first kappa shape index (κ1) is 10.9. The van der Waals surface area contributed by atoms with Crippen LogP contribution in [0.15, 0.2) is 21.6 Å². The predicted molar refractivity (Wildman–Crippen MR) is 62.7 cm³/mol. The fraction of sp³-hybridized carbons (Fsp3) is 0.250. The van der Waals surface area contributed by atoms with Gasteiger partial charge in [-0.05, 0) is 46.0 Å². The molecule has 1 N–H and O–H groups in total. The maximum Gasteiger partial charge on any atom is 0.208 e. The molecule has 0 aromatic carbocycles. The third-order valence-electron chi connectivity index (χ3n) is 1.33. The second-order valence-corrected chi connectivity index (χ2v) is 4.72. The molecule has 0 aliphatic rings. The Morgan fingerprint density at radius 1 is 1.69 bits per heavy atom. The van der Waals surface area contributed by atoms with E-state index in [1.165, 1.54) is 0 Å². The standard InChI is InChI=1S/C8H8BrNOS2/c1-2-13-5-3-4-6(9)10-7(5)8(11)12/h3-4H,2H2,1H3,(H,11,12). The van der Waals surface area contributed by atoms with E-state index in [0.29, 0.717) is 10.3 Å². The minimum absolute atomic E-state index is 0.155. The van der Waals surface area contributed by atoms with Crippen molar-refractivity contribution in [2.75, 3.05) is 5.75 Å². The van der Waals surface area contributed by atoms with Crippen LogP contribution in [-0.2, 0) is 0 Å². The van der Waals surface area contributed by atoms with E-state index in [4.69, 9.17) is 0 Å². The third-order valence-corrected chi connectivity index (χ3v) is 2.89. The first-order valence-electron chi connectivity index (χ1n) is 3.67. The average molecular weight is 278 g/mol. The van der Waals surface area contributed by atoms with E-state index in [0.717, 1.165) is 10.6 Å². The minimum atomic E-state index is -0.155. The van der Waals surface area contributed by atoms with Crippen molar-refractivity contribution >= 4 is 45.0 Å². The van der Waals surface area contributed by atoms with Crippen LogP contribution in [0.1, 0.15) is 12.6 Å². The number of thioether (sulfide) groups is 1. The summed E-state index contributed by atoms with van der Waals surface area (Å²) in [6.45, 7) is 2.04. The maximum absolute atomic E-state index is 9.19. The van der Waals surface area contributed by atoms with Crippen molar-refractivity contribution < 1.29 is 5.11 Å². The van der Waals surface area contributed by atoms with Crippen molar-refractivity contribution in [1.29, 1.82) is 0 Å². The van der Waals surface area contributed by atoms with Gasteiger partial charge in [0.2, 0.25) is 5.05 Å². The van der Waals surface area contributed by atoms with Crippen molar-refractivity contribution in [3.63, 3.8) is 0 Å². The SMILES string of the molecule is CCSc1ccc(Br)nc1C(O)=S. The van der Waals surface area contributed by atoms with Crippen molar-refractivity contribution in [3.05, 3.63) is 22.4 Å². The zero-order valence-electron chi connectivity index (χ0n) is 6.95. The smallest absolute Gasteiger partial charge is 0.208 e. The predicted octanol–water partition coefficient (Wildman–Crippen LogP) is 3.19. The van der Waals surface area contributed by atoms with Crippen LogP contribution in [0.25, 0.3) is 0 Å². The number of aliphatic hydroxyl groups excluding tert-OH is 1. The molecule has 0 saturated carbocycles. The summed E-state index contributed by atoms with van der Waals surface area (Å²) in [5.74, 6) is 0.929. The molecule has 1 rings (SSSR count). The molecule has 0 radical (unpaired) electrons. The summed E-state index contributed by atoms with van der Waals surface area (Å²) in [5.41, 5.74) is 0.483. The van der Waals surface area contributed by atoms with Crippen LogP contribution in [0, 0.1) is 0 Å². The molecule has 2 nitrogen and oxygen atoms in total. The lowest BCUT2D eigenvalue weighted by Crippen LogP contribution is -2.01. The first-order chi connectivity index (χ1) is 6.15. The number of rotatable bonds is 3. The molecule has 5 heteroatoms. The number of hydrogen-bond acceptors (Lipinski definition) is 3. The van der Waals surface area contributed by atoms with Gasteiger partial charge in [-0.3, -0.25) is 0 Å². The van der Waals surface area contributed by atoms with Crippen molar-refractivity contribution in [2.24, 2.45) is 0 Å². The van der Waals surface area contributed by atoms with Crippen LogP contribution in [0.5, 0.6) is 0 Å². The van der Waals surface area contributed by atoms with Crippen LogP contribution < -0.4 is 0 Å². The summed E-state index contributed by atoms with van der Waals surface area (Å²) in [5, 5.41) is 9.04. The molecule has 0 unspecified atom stereocenters. The van der Waals surface area contributed by atoms with Gasteiger partial charge in [-0.1, -0.05) is 6.92 Å². The Morgan fingerprint density at radius 2 is 2.38 bits per heavy atom. The molecular formula is C8H8BrNOS2. The maximum atomic E-state index is 9.19. The molecule has 0 aliphatic carbocycles. The van der Waals surface area contributed by atoms with Crippen molar-refractivity contribution in [1.82, 2.24) is 4.98 Å². The quantitative estimate of drug-likeness (QED) is 0.523. The second-order valence-electron chi connectivity index (χ2n) is 2.22. The molecule has 0 fully saturated rings. The Morgan fingerprint density at radius 3 is 2.92 bits per heavy atom. The third kappa shape index (κ3) is 2.93. The average Bonchev–Trinajstić information content (AvgIpc) is 2.08. The lowest BCUT2D eigenvalue weighted by Gasteiger charge is -2.04. The highest BCUT2D eigenvalue weighted by atomic mass is 79.9. The summed E-state index contributed by atoms with van der Waals surface area (Å²) >= 11 is 9.51. The van der Waals surface area contributed by atoms with Gasteiger partial charge in [-0.15, -0.1) is 11.8 Å². The van der Waals surface area contributed by atoms with Gasteiger partial charge in [0, 0.05) is 4.90 Å². The number of nitrogens with zero attached hydrogens (tertiary/aromatic N) is 1. The highest BCUT2D eigenvalue weighted by Gasteiger charge is 2.08. The van der Waals surface area contributed by atoms with Gasteiger partial charge in [-0.25, -0.2) is 4.98 Å². The lowest BCUT2D eigenvalue weighted by atomic mass is 10.4. The van der Waals surface area contributed by atoms with Crippen LogP contribution in [-0.4, -0.2) is 20.9 Å². The molecule has 0 saturated heterocycles. The number of hydrogen-bond donors (Lipinski definition) is 1. The largest absolute Gasteiger partial charge is 0.497 e. The van der Waals surface area contributed by atoms with E-state index >= 15 is 0 Å². The van der Waals surface area contributed by atoms with Gasteiger partial charge >= 0.3 is 0 Å². The molecule has 0 amide bonds. The number of pyridine rings is 1. The summed E-state index contributed by atoms with van der Waals surface area (Å²) in [4.78, 5) is 5.01. The normalized spacial score (nSPS) is 10.0. The summed E-state index contributed by atoms with van der Waals surface area (Å²) < 4.78 is 0.680. The highest BCUT2D eigenvalue weighted by Crippen LogP contribution is 2.23. The number of aliphatic hydroxyl groups is 1. The van der Waals surface area contributed by atoms with Crippen LogP contribution >= 0.6 is 39.9 Å². The highest BCUT2D eigenvalue weighted by molar-refractivity contribution is 9.10. The first-order valence-corrected chi connectivity index (χ1v) is 5.86. The summed E-state index contributed by atoms with van der Waals surface area (Å²) in [6, 6.07) is 3.73. The van der Waals surface area contributed by atoms with Gasteiger partial charge in [0.25, 0.3) is 0 Å². The molecule has 0 bridgehead atoms. The monoisotopic (exact) mass is 277 g/mol. The number of aromatic nitrogens is 1. The number of thiocarbonyl (C=S) groups is 1. The molecule has 1 aromatic rings. The molecule has 70 valence electrons. The van der Waals surface area contributed by atoms with E-state index in [1.807, 2.05) is 19.1 Å². The fourth-order valence-corrected chi connectivity index (χ4v) is 2.13. The van der Waals surface area contributed by atoms with Gasteiger partial charge < -0.3 is 5.11 Å². The molecule has 13 heavy (non-hydrogen) atoms. The minimum Gasteiger partial charge on any atom is -0.497 e. The molecule has 0 aliphatic heterocycles. The molecule has 0 spiro atoms. The topological polar surface area (TPSA) is 33.1 Å². The molecule has 0 atom stereocenters. The second kappa shape index (κ2) is 4.93. The Balaban J connectivity index is 3.10. The van der Waals surface area contributed by atoms with Gasteiger partial charge in [-0.2, -0.15) is 0 Å². The van der Waals surface area contributed by atoms with Crippen molar-refractivity contribution in [2.45, 2.75) is 11.8 Å².